The van der Waals surface area contributed by atoms with Crippen molar-refractivity contribution in [2.24, 2.45) is 5.92 Å². The zero-order chi connectivity index (χ0) is 15.3. The molecular formula is C19H18N2O. The van der Waals surface area contributed by atoms with Gasteiger partial charge < -0.3 is 10.1 Å². The number of benzene rings is 2. The van der Waals surface area contributed by atoms with Crippen molar-refractivity contribution in [1.29, 1.82) is 5.26 Å². The zero-order valence-electron chi connectivity index (χ0n) is 12.8. The van der Waals surface area contributed by atoms with Gasteiger partial charge in [-0.1, -0.05) is 38.1 Å². The molecule has 0 fully saturated rings. The Kier molecular flexibility index (Phi) is 2.71. The minimum atomic E-state index is 0.0398. The van der Waals surface area contributed by atoms with E-state index in [4.69, 9.17) is 10.00 Å². The van der Waals surface area contributed by atoms with E-state index in [1.165, 1.54) is 11.3 Å². The highest BCUT2D eigenvalue weighted by Crippen LogP contribution is 2.51. The lowest BCUT2D eigenvalue weighted by molar-refractivity contribution is 0.135. The van der Waals surface area contributed by atoms with E-state index < -0.39 is 0 Å². The minimum absolute atomic E-state index is 0.0398. The van der Waals surface area contributed by atoms with Gasteiger partial charge >= 0.3 is 0 Å². The van der Waals surface area contributed by atoms with Crippen LogP contribution in [0.25, 0.3) is 0 Å². The van der Waals surface area contributed by atoms with Crippen LogP contribution >= 0.6 is 0 Å². The van der Waals surface area contributed by atoms with Gasteiger partial charge in [0.1, 0.15) is 5.75 Å². The van der Waals surface area contributed by atoms with Crippen molar-refractivity contribution >= 4 is 5.69 Å². The lowest BCUT2D eigenvalue weighted by atomic mass is 9.65. The lowest BCUT2D eigenvalue weighted by Gasteiger charge is -2.48. The third-order valence-corrected chi connectivity index (χ3v) is 5.16. The number of nitrogens with one attached hydrogen (secondary N) is 1. The quantitative estimate of drug-likeness (QED) is 0.797. The molecule has 4 rings (SSSR count). The standard InChI is InChI=1S/C19H18N2O/c1-19(2)14-5-3-4-6-16(14)21-18-13-8-7-12(10-20)9-17(13)22-11-15(18)19/h3-9,15,18,21H,11H2,1-2H3/t15-,18-/m1/s1. The highest BCUT2D eigenvalue weighted by molar-refractivity contribution is 5.61. The number of ether oxygens (including phenoxy) is 1. The number of nitriles is 1. The van der Waals surface area contributed by atoms with Crippen molar-refractivity contribution in [3.05, 3.63) is 59.2 Å². The SMILES string of the molecule is CC1(C)c2ccccc2N[C@@H]2c3ccc(C#N)cc3OC[C@H]21. The molecule has 3 heteroatoms. The van der Waals surface area contributed by atoms with Gasteiger partial charge in [0.2, 0.25) is 0 Å². The van der Waals surface area contributed by atoms with E-state index in [0.29, 0.717) is 18.1 Å². The van der Waals surface area contributed by atoms with Crippen LogP contribution < -0.4 is 10.1 Å². The van der Waals surface area contributed by atoms with E-state index in [0.717, 1.165) is 11.3 Å². The number of rotatable bonds is 0. The minimum Gasteiger partial charge on any atom is -0.493 e. The topological polar surface area (TPSA) is 45.0 Å². The molecule has 2 heterocycles. The van der Waals surface area contributed by atoms with Crippen molar-refractivity contribution in [2.45, 2.75) is 25.3 Å². The number of para-hydroxylation sites is 1. The predicted molar refractivity (Wildman–Crippen MR) is 86.0 cm³/mol. The van der Waals surface area contributed by atoms with Gasteiger partial charge in [0.25, 0.3) is 0 Å². The van der Waals surface area contributed by atoms with Crippen LogP contribution in [0.5, 0.6) is 5.75 Å². The van der Waals surface area contributed by atoms with Gasteiger partial charge in [0, 0.05) is 22.6 Å². The molecule has 0 amide bonds. The number of hydrogen-bond acceptors (Lipinski definition) is 3. The third-order valence-electron chi connectivity index (χ3n) is 5.16. The van der Waals surface area contributed by atoms with Crippen molar-refractivity contribution < 1.29 is 4.74 Å². The summed E-state index contributed by atoms with van der Waals surface area (Å²) in [6, 6.07) is 16.7. The van der Waals surface area contributed by atoms with Crippen LogP contribution in [-0.2, 0) is 5.41 Å². The Bertz CT molecular complexity index is 788. The first-order valence-electron chi connectivity index (χ1n) is 7.64. The summed E-state index contributed by atoms with van der Waals surface area (Å²) in [6.45, 7) is 5.26. The molecule has 2 aliphatic heterocycles. The molecule has 2 atom stereocenters. The molecule has 0 aromatic heterocycles. The Hall–Kier alpha value is -2.47. The number of nitrogens with zero attached hydrogens (tertiary/aromatic N) is 1. The first-order chi connectivity index (χ1) is 10.6. The molecule has 2 aromatic carbocycles. The molecule has 22 heavy (non-hydrogen) atoms. The summed E-state index contributed by atoms with van der Waals surface area (Å²) in [5.41, 5.74) is 4.38. The number of anilines is 1. The fourth-order valence-electron chi connectivity index (χ4n) is 3.82. The van der Waals surface area contributed by atoms with Crippen LogP contribution in [0, 0.1) is 17.2 Å². The molecule has 0 spiro atoms. The summed E-state index contributed by atoms with van der Waals surface area (Å²) in [5.74, 6) is 1.20. The largest absolute Gasteiger partial charge is 0.493 e. The molecule has 0 unspecified atom stereocenters. The second-order valence-electron chi connectivity index (χ2n) is 6.67. The molecule has 0 saturated carbocycles. The van der Waals surface area contributed by atoms with Crippen LogP contribution in [0.4, 0.5) is 5.69 Å². The fraction of sp³-hybridized carbons (Fsp3) is 0.316. The van der Waals surface area contributed by atoms with E-state index in [-0.39, 0.29) is 11.5 Å². The first-order valence-corrected chi connectivity index (χ1v) is 7.64. The maximum atomic E-state index is 9.06. The molecule has 0 radical (unpaired) electrons. The summed E-state index contributed by atoms with van der Waals surface area (Å²) in [5, 5.41) is 12.7. The molecule has 2 aliphatic rings. The van der Waals surface area contributed by atoms with E-state index in [1.807, 2.05) is 18.2 Å². The summed E-state index contributed by atoms with van der Waals surface area (Å²) in [6.07, 6.45) is 0. The highest BCUT2D eigenvalue weighted by Gasteiger charge is 2.46. The third kappa shape index (κ3) is 1.74. The molecule has 2 aromatic rings. The van der Waals surface area contributed by atoms with Gasteiger partial charge in [-0.25, -0.2) is 0 Å². The first kappa shape index (κ1) is 13.2. The van der Waals surface area contributed by atoms with Crippen LogP contribution in [-0.4, -0.2) is 6.61 Å². The second-order valence-corrected chi connectivity index (χ2v) is 6.67. The molecule has 0 bridgehead atoms. The van der Waals surface area contributed by atoms with Gasteiger partial charge in [-0.3, -0.25) is 0 Å². The maximum absolute atomic E-state index is 9.06. The normalized spacial score (nSPS) is 23.9. The van der Waals surface area contributed by atoms with E-state index >= 15 is 0 Å². The van der Waals surface area contributed by atoms with Gasteiger partial charge in [-0.15, -0.1) is 0 Å². The predicted octanol–water partition coefficient (Wildman–Crippen LogP) is 4.01. The Balaban J connectivity index is 1.85. The van der Waals surface area contributed by atoms with E-state index in [9.17, 15) is 0 Å². The summed E-state index contributed by atoms with van der Waals surface area (Å²) in [7, 11) is 0. The molecule has 0 aliphatic carbocycles. The van der Waals surface area contributed by atoms with Gasteiger partial charge in [0.15, 0.2) is 0 Å². The molecule has 110 valence electrons. The number of hydrogen-bond donors (Lipinski definition) is 1. The van der Waals surface area contributed by atoms with Gasteiger partial charge in [-0.2, -0.15) is 5.26 Å². The van der Waals surface area contributed by atoms with E-state index in [1.54, 1.807) is 0 Å². The van der Waals surface area contributed by atoms with Crippen molar-refractivity contribution in [3.8, 4) is 11.8 Å². The van der Waals surface area contributed by atoms with E-state index in [2.05, 4.69) is 49.5 Å². The molecule has 3 nitrogen and oxygen atoms in total. The fourth-order valence-corrected chi connectivity index (χ4v) is 3.82. The van der Waals surface area contributed by atoms with Crippen molar-refractivity contribution in [2.75, 3.05) is 11.9 Å². The average Bonchev–Trinajstić information content (AvgIpc) is 2.54. The number of fused-ring (bicyclic) bond motifs is 4. The van der Waals surface area contributed by atoms with Crippen LogP contribution in [0.15, 0.2) is 42.5 Å². The average molecular weight is 290 g/mol. The Morgan fingerprint density at radius 2 is 2.05 bits per heavy atom. The Morgan fingerprint density at radius 3 is 2.86 bits per heavy atom. The maximum Gasteiger partial charge on any atom is 0.125 e. The Labute approximate surface area is 130 Å². The molecule has 1 N–H and O–H groups in total. The lowest BCUT2D eigenvalue weighted by Crippen LogP contribution is -2.46. The zero-order valence-corrected chi connectivity index (χ0v) is 12.8. The Morgan fingerprint density at radius 1 is 1.23 bits per heavy atom. The summed E-state index contributed by atoms with van der Waals surface area (Å²) in [4.78, 5) is 0. The summed E-state index contributed by atoms with van der Waals surface area (Å²) < 4.78 is 5.99. The van der Waals surface area contributed by atoms with Crippen LogP contribution in [0.1, 0.15) is 36.6 Å². The smallest absolute Gasteiger partial charge is 0.125 e. The van der Waals surface area contributed by atoms with Crippen molar-refractivity contribution in [3.63, 3.8) is 0 Å². The molecule has 0 saturated heterocycles. The summed E-state index contributed by atoms with van der Waals surface area (Å²) >= 11 is 0. The van der Waals surface area contributed by atoms with Crippen LogP contribution in [0.2, 0.25) is 0 Å². The monoisotopic (exact) mass is 290 g/mol. The van der Waals surface area contributed by atoms with Crippen molar-refractivity contribution in [1.82, 2.24) is 0 Å². The van der Waals surface area contributed by atoms with Crippen LogP contribution in [0.3, 0.4) is 0 Å². The van der Waals surface area contributed by atoms with Gasteiger partial charge in [0.05, 0.1) is 24.3 Å². The molecular weight excluding hydrogens is 272 g/mol. The van der Waals surface area contributed by atoms with Gasteiger partial charge in [-0.05, 0) is 23.8 Å². The highest BCUT2D eigenvalue weighted by atomic mass is 16.5. The second kappa shape index (κ2) is 4.51.